The Bertz CT molecular complexity index is 403. The molecule has 0 N–H and O–H groups in total. The molecule has 0 aliphatic carbocycles. The van der Waals surface area contributed by atoms with Gasteiger partial charge >= 0.3 is 30.2 Å². The van der Waals surface area contributed by atoms with Crippen LogP contribution in [0.4, 0.5) is 0 Å². The fraction of sp³-hybridized carbons (Fsp3) is 0.375. The van der Waals surface area contributed by atoms with Gasteiger partial charge in [-0.05, 0) is 0 Å². The minimum atomic E-state index is 0. The summed E-state index contributed by atoms with van der Waals surface area (Å²) in [6.45, 7) is 14.8. The van der Waals surface area contributed by atoms with Gasteiger partial charge in [0.2, 0.25) is 0 Å². The van der Waals surface area contributed by atoms with E-state index in [9.17, 15) is 0 Å². The molecule has 0 bridgehead atoms. The second kappa shape index (κ2) is 13.1. The molecule has 0 atom stereocenters. The second-order valence-electron chi connectivity index (χ2n) is 4.80. The topological polar surface area (TPSA) is 0 Å². The molecule has 4 heteroatoms. The predicted molar refractivity (Wildman–Crippen MR) is 81.0 cm³/mol. The van der Waals surface area contributed by atoms with Crippen molar-refractivity contribution in [3.05, 3.63) is 57.6 Å². The van der Waals surface area contributed by atoms with Crippen LogP contribution in [0.1, 0.15) is 33.4 Å². The van der Waals surface area contributed by atoms with Gasteiger partial charge in [-0.2, -0.15) is 45.5 Å². The average Bonchev–Trinajstić information content (AvgIpc) is 2.74. The van der Waals surface area contributed by atoms with E-state index in [0.717, 1.165) is 0 Å². The molecular weight excluding hydrogens is 382 g/mol. The molecule has 0 unspecified atom stereocenters. The molecule has 112 valence electrons. The van der Waals surface area contributed by atoms with Crippen LogP contribution in [0.3, 0.4) is 0 Å². The Morgan fingerprint density at radius 1 is 0.700 bits per heavy atom. The third-order valence-electron chi connectivity index (χ3n) is 3.02. The van der Waals surface area contributed by atoms with Gasteiger partial charge in [0.25, 0.3) is 0 Å². The van der Waals surface area contributed by atoms with E-state index in [2.05, 4.69) is 65.8 Å². The summed E-state index contributed by atoms with van der Waals surface area (Å²) in [5.41, 5.74) is 8.37. The number of rotatable bonds is 0. The van der Waals surface area contributed by atoms with Crippen LogP contribution < -0.4 is 24.8 Å². The Balaban J connectivity index is -0.000000236. The molecule has 0 radical (unpaired) electrons. The van der Waals surface area contributed by atoms with E-state index in [1.165, 1.54) is 33.4 Å². The van der Waals surface area contributed by atoms with Crippen LogP contribution in [0.2, 0.25) is 0 Å². The van der Waals surface area contributed by atoms with Crippen molar-refractivity contribution in [3.8, 4) is 0 Å². The molecule has 2 aromatic rings. The molecule has 2 rings (SSSR count). The summed E-state index contributed by atoms with van der Waals surface area (Å²) in [6.07, 6.45) is 0. The van der Waals surface area contributed by atoms with Crippen molar-refractivity contribution >= 4 is 6.88 Å². The van der Waals surface area contributed by atoms with E-state index in [1.807, 2.05) is 6.88 Å². The van der Waals surface area contributed by atoms with Gasteiger partial charge < -0.3 is 24.8 Å². The van der Waals surface area contributed by atoms with E-state index in [-0.39, 0.29) is 24.8 Å². The van der Waals surface area contributed by atoms with Gasteiger partial charge in [0.1, 0.15) is 0 Å². The molecule has 0 saturated heterocycles. The van der Waals surface area contributed by atoms with Crippen molar-refractivity contribution < 1.29 is 48.1 Å². The first-order valence-electron chi connectivity index (χ1n) is 6.16. The average molecular weight is 407 g/mol. The summed E-state index contributed by atoms with van der Waals surface area (Å²) in [5.74, 6) is 0. The normalized spacial score (nSPS) is 8.20. The predicted octanol–water partition coefficient (Wildman–Crippen LogP) is -2.25. The Morgan fingerprint density at radius 3 is 1.00 bits per heavy atom. The Labute approximate surface area is 153 Å². The van der Waals surface area contributed by atoms with Crippen LogP contribution in [-0.2, 0) is 23.3 Å². The third-order valence-corrected chi connectivity index (χ3v) is 3.02. The minimum absolute atomic E-state index is 0. The quantitative estimate of drug-likeness (QED) is 0.343. The van der Waals surface area contributed by atoms with Crippen molar-refractivity contribution in [2.75, 3.05) is 0 Å². The van der Waals surface area contributed by atoms with Crippen molar-refractivity contribution in [2.45, 2.75) is 41.5 Å². The van der Waals surface area contributed by atoms with Gasteiger partial charge in [0.05, 0.1) is 0 Å². The zero-order valence-corrected chi connectivity index (χ0v) is 18.7. The molecule has 0 nitrogen and oxygen atoms in total. The molecule has 0 aromatic heterocycles. The van der Waals surface area contributed by atoms with Crippen molar-refractivity contribution in [2.24, 2.45) is 0 Å². The fourth-order valence-corrected chi connectivity index (χ4v) is 1.90. The maximum absolute atomic E-state index is 2.20. The first kappa shape index (κ1) is 25.3. The second-order valence-corrected chi connectivity index (χ2v) is 4.80. The van der Waals surface area contributed by atoms with E-state index >= 15 is 0 Å². The van der Waals surface area contributed by atoms with Crippen LogP contribution in [-0.4, -0.2) is 6.88 Å². The monoisotopic (exact) mass is 404 g/mol. The van der Waals surface area contributed by atoms with E-state index < -0.39 is 0 Å². The summed E-state index contributed by atoms with van der Waals surface area (Å²) in [7, 11) is 0. The van der Waals surface area contributed by atoms with Gasteiger partial charge in [-0.1, -0.05) is 41.5 Å². The molecule has 0 amide bonds. The van der Waals surface area contributed by atoms with Gasteiger partial charge in [-0.3, -0.25) is 0 Å². The fourth-order valence-electron chi connectivity index (χ4n) is 1.90. The molecule has 0 aliphatic heterocycles. The van der Waals surface area contributed by atoms with Crippen molar-refractivity contribution in [3.63, 3.8) is 0 Å². The summed E-state index contributed by atoms with van der Waals surface area (Å²) >= 11 is 1.58. The van der Waals surface area contributed by atoms with E-state index in [1.54, 1.807) is 23.3 Å². The third kappa shape index (κ3) is 9.34. The molecule has 0 fully saturated rings. The van der Waals surface area contributed by atoms with Crippen LogP contribution in [0.25, 0.3) is 0 Å². The zero-order chi connectivity index (χ0) is 14.3. The van der Waals surface area contributed by atoms with Crippen LogP contribution in [0.15, 0.2) is 24.3 Å². The van der Waals surface area contributed by atoms with Gasteiger partial charge in [0.15, 0.2) is 0 Å². The molecule has 2 aromatic carbocycles. The number of hydrogen-bond acceptors (Lipinski definition) is 0. The van der Waals surface area contributed by atoms with Crippen molar-refractivity contribution in [1.82, 2.24) is 0 Å². The van der Waals surface area contributed by atoms with Crippen molar-refractivity contribution in [1.29, 1.82) is 0 Å². The van der Waals surface area contributed by atoms with Crippen LogP contribution in [0, 0.1) is 41.5 Å². The van der Waals surface area contributed by atoms with Gasteiger partial charge in [-0.25, -0.2) is 12.1 Å². The number of halogens is 2. The standard InChI is InChI=1S/2C8H11.2ClH.H2Si.Zr/c2*1-6-4-7(2)8(3)5-6;;;;/h2*4-5H,1-3H3;2*1H;1H2;/q2*-1;;;;+2/p-2. The number of hydrogen-bond donors (Lipinski definition) is 0. The first-order chi connectivity index (χ1) is 8.40. The molecular formula is C16H24Cl2SiZr-2. The van der Waals surface area contributed by atoms with Gasteiger partial charge in [0, 0.05) is 0 Å². The summed E-state index contributed by atoms with van der Waals surface area (Å²) in [6, 6.07) is 8.81. The van der Waals surface area contributed by atoms with Crippen LogP contribution in [0.5, 0.6) is 0 Å². The summed E-state index contributed by atoms with van der Waals surface area (Å²) in [4.78, 5) is 0. The summed E-state index contributed by atoms with van der Waals surface area (Å²) in [5, 5.41) is 0. The van der Waals surface area contributed by atoms with E-state index in [4.69, 9.17) is 0 Å². The molecule has 0 heterocycles. The zero-order valence-electron chi connectivity index (χ0n) is 13.3. The molecule has 20 heavy (non-hydrogen) atoms. The Kier molecular flexibility index (Phi) is 16.6. The summed E-state index contributed by atoms with van der Waals surface area (Å²) < 4.78 is 0. The molecule has 0 aliphatic rings. The van der Waals surface area contributed by atoms with E-state index in [0.29, 0.717) is 0 Å². The first-order valence-corrected chi connectivity index (χ1v) is 12.1. The number of aryl methyl sites for hydroxylation is 6. The SMILES string of the molecule is Cc1cc(C)c(C)[cH-]1.Cc1cc(C)c(C)[cH-]1.[Cl-].[Cl-].[SiH2]=[Zr+2]. The Hall–Kier alpha value is 0.380. The Morgan fingerprint density at radius 2 is 0.950 bits per heavy atom. The van der Waals surface area contributed by atoms with Gasteiger partial charge in [-0.15, -0.1) is 0 Å². The molecule has 0 saturated carbocycles. The van der Waals surface area contributed by atoms with Crippen LogP contribution >= 0.6 is 0 Å². The molecule has 0 spiro atoms. The maximum atomic E-state index is 2.20.